The number of nitrogens with two attached hydrogens (primary N) is 1. The highest BCUT2D eigenvalue weighted by Crippen LogP contribution is 2.15. The maximum absolute atomic E-state index is 11.4. The number of nitrogens with one attached hydrogen (secondary N) is 2. The number of hydrogen-bond acceptors (Lipinski definition) is 4. The molecule has 1 aliphatic rings. The SMILES string of the molecule is CN=C(NCCCN1CCCC(C(N)=O)C1)NCCC(C)N(C)Cc1ccccc1.I. The fourth-order valence-electron chi connectivity index (χ4n) is 3.87. The Hall–Kier alpha value is -1.39. The molecule has 31 heavy (non-hydrogen) atoms. The summed E-state index contributed by atoms with van der Waals surface area (Å²) in [7, 11) is 3.98. The zero-order chi connectivity index (χ0) is 21.8. The molecule has 0 saturated carbocycles. The summed E-state index contributed by atoms with van der Waals surface area (Å²) in [4.78, 5) is 20.4. The third-order valence-electron chi connectivity index (χ3n) is 5.96. The molecular formula is C23H41IN6O. The molecule has 2 rings (SSSR count). The molecule has 8 heteroatoms. The monoisotopic (exact) mass is 544 g/mol. The topological polar surface area (TPSA) is 86.0 Å². The molecule has 0 bridgehead atoms. The Morgan fingerprint density at radius 1 is 1.29 bits per heavy atom. The second-order valence-corrected chi connectivity index (χ2v) is 8.36. The predicted octanol–water partition coefficient (Wildman–Crippen LogP) is 2.27. The maximum atomic E-state index is 11.4. The lowest BCUT2D eigenvalue weighted by Crippen LogP contribution is -2.43. The summed E-state index contributed by atoms with van der Waals surface area (Å²) in [6, 6.07) is 11.1. The second-order valence-electron chi connectivity index (χ2n) is 8.36. The van der Waals surface area contributed by atoms with E-state index in [1.165, 1.54) is 5.56 Å². The minimum absolute atomic E-state index is 0. The van der Waals surface area contributed by atoms with Gasteiger partial charge in [-0.2, -0.15) is 0 Å². The fraction of sp³-hybridized carbons (Fsp3) is 0.652. The lowest BCUT2D eigenvalue weighted by molar-refractivity contribution is -0.123. The van der Waals surface area contributed by atoms with Crippen molar-refractivity contribution < 1.29 is 4.79 Å². The van der Waals surface area contributed by atoms with Crippen LogP contribution in [0.15, 0.2) is 35.3 Å². The van der Waals surface area contributed by atoms with Crippen molar-refractivity contribution in [3.05, 3.63) is 35.9 Å². The lowest BCUT2D eigenvalue weighted by atomic mass is 9.97. The summed E-state index contributed by atoms with van der Waals surface area (Å²) in [6.07, 6.45) is 4.05. The molecular weight excluding hydrogens is 503 g/mol. The Balaban J connectivity index is 0.00000480. The number of guanidine groups is 1. The number of aliphatic imine (C=N–C) groups is 1. The first-order chi connectivity index (χ1) is 14.5. The van der Waals surface area contributed by atoms with Crippen molar-refractivity contribution in [3.63, 3.8) is 0 Å². The van der Waals surface area contributed by atoms with Crippen LogP contribution in [0.5, 0.6) is 0 Å². The number of carbonyl (C=O) groups is 1. The van der Waals surface area contributed by atoms with Crippen LogP contribution in [0.1, 0.15) is 38.2 Å². The van der Waals surface area contributed by atoms with E-state index in [1.54, 1.807) is 0 Å². The van der Waals surface area contributed by atoms with Crippen LogP contribution in [0, 0.1) is 5.92 Å². The van der Waals surface area contributed by atoms with Crippen LogP contribution < -0.4 is 16.4 Å². The average molecular weight is 545 g/mol. The fourth-order valence-corrected chi connectivity index (χ4v) is 3.87. The molecule has 1 fully saturated rings. The minimum Gasteiger partial charge on any atom is -0.369 e. The number of piperidine rings is 1. The van der Waals surface area contributed by atoms with Crippen LogP contribution in [0.4, 0.5) is 0 Å². The normalized spacial score (nSPS) is 18.3. The molecule has 1 amide bonds. The molecule has 2 atom stereocenters. The first kappa shape index (κ1) is 27.6. The van der Waals surface area contributed by atoms with Gasteiger partial charge < -0.3 is 21.3 Å². The van der Waals surface area contributed by atoms with Gasteiger partial charge in [-0.25, -0.2) is 0 Å². The Morgan fingerprint density at radius 3 is 2.68 bits per heavy atom. The molecule has 4 N–H and O–H groups in total. The quantitative estimate of drug-likeness (QED) is 0.172. The molecule has 0 spiro atoms. The molecule has 1 aliphatic heterocycles. The number of likely N-dealkylation sites (tertiary alicyclic amines) is 1. The Kier molecular flexibility index (Phi) is 13.7. The number of hydrogen-bond donors (Lipinski definition) is 3. The first-order valence-electron chi connectivity index (χ1n) is 11.2. The van der Waals surface area contributed by atoms with Gasteiger partial charge >= 0.3 is 0 Å². The van der Waals surface area contributed by atoms with Crippen LogP contribution in [0.3, 0.4) is 0 Å². The lowest BCUT2D eigenvalue weighted by Gasteiger charge is -2.31. The van der Waals surface area contributed by atoms with Crippen LogP contribution in [0.25, 0.3) is 0 Å². The van der Waals surface area contributed by atoms with Gasteiger partial charge in [-0.05, 0) is 58.3 Å². The summed E-state index contributed by atoms with van der Waals surface area (Å²) >= 11 is 0. The molecule has 7 nitrogen and oxygen atoms in total. The van der Waals surface area contributed by atoms with Gasteiger partial charge in [0.05, 0.1) is 5.92 Å². The van der Waals surface area contributed by atoms with Gasteiger partial charge in [0.25, 0.3) is 0 Å². The van der Waals surface area contributed by atoms with E-state index in [4.69, 9.17) is 5.73 Å². The number of amides is 1. The number of halogens is 1. The molecule has 0 aromatic heterocycles. The Labute approximate surface area is 205 Å². The zero-order valence-electron chi connectivity index (χ0n) is 19.3. The van der Waals surface area contributed by atoms with Gasteiger partial charge in [0.1, 0.15) is 0 Å². The number of rotatable bonds is 11. The van der Waals surface area contributed by atoms with E-state index >= 15 is 0 Å². The average Bonchev–Trinajstić information content (AvgIpc) is 2.76. The number of carbonyl (C=O) groups excluding carboxylic acids is 1. The van der Waals surface area contributed by atoms with Crippen LogP contribution in [0.2, 0.25) is 0 Å². The van der Waals surface area contributed by atoms with Gasteiger partial charge in [0.15, 0.2) is 5.96 Å². The first-order valence-corrected chi connectivity index (χ1v) is 11.2. The molecule has 1 saturated heterocycles. The van der Waals surface area contributed by atoms with Crippen LogP contribution >= 0.6 is 24.0 Å². The highest BCUT2D eigenvalue weighted by atomic mass is 127. The van der Waals surface area contributed by atoms with Gasteiger partial charge in [-0.3, -0.25) is 14.7 Å². The smallest absolute Gasteiger partial charge is 0.221 e. The number of benzene rings is 1. The zero-order valence-corrected chi connectivity index (χ0v) is 21.7. The van der Waals surface area contributed by atoms with Crippen molar-refractivity contribution in [3.8, 4) is 0 Å². The van der Waals surface area contributed by atoms with Gasteiger partial charge in [0.2, 0.25) is 5.91 Å². The summed E-state index contributed by atoms with van der Waals surface area (Å²) in [5, 5.41) is 6.81. The highest BCUT2D eigenvalue weighted by Gasteiger charge is 2.23. The minimum atomic E-state index is -0.161. The van der Waals surface area contributed by atoms with Crippen molar-refractivity contribution in [2.75, 3.05) is 46.8 Å². The molecule has 0 aliphatic carbocycles. The predicted molar refractivity (Wildman–Crippen MR) is 140 cm³/mol. The van der Waals surface area contributed by atoms with Crippen LogP contribution in [-0.4, -0.2) is 74.5 Å². The third-order valence-corrected chi connectivity index (χ3v) is 5.96. The van der Waals surface area contributed by atoms with E-state index in [9.17, 15) is 4.79 Å². The van der Waals surface area contributed by atoms with E-state index in [-0.39, 0.29) is 35.8 Å². The molecule has 2 unspecified atom stereocenters. The number of primary amides is 1. The molecule has 176 valence electrons. The van der Waals surface area contributed by atoms with Crippen molar-refractivity contribution >= 4 is 35.8 Å². The van der Waals surface area contributed by atoms with Gasteiger partial charge in [-0.15, -0.1) is 24.0 Å². The number of nitrogens with zero attached hydrogens (tertiary/aromatic N) is 3. The summed E-state index contributed by atoms with van der Waals surface area (Å²) in [5.41, 5.74) is 6.80. The van der Waals surface area contributed by atoms with Crippen molar-refractivity contribution in [2.24, 2.45) is 16.6 Å². The van der Waals surface area contributed by atoms with E-state index in [0.717, 1.165) is 70.9 Å². The summed E-state index contributed by atoms with van der Waals surface area (Å²) < 4.78 is 0. The van der Waals surface area contributed by atoms with Gasteiger partial charge in [-0.1, -0.05) is 30.3 Å². The van der Waals surface area contributed by atoms with E-state index in [1.807, 2.05) is 7.05 Å². The largest absolute Gasteiger partial charge is 0.369 e. The van der Waals surface area contributed by atoms with Crippen molar-refractivity contribution in [2.45, 2.75) is 45.2 Å². The highest BCUT2D eigenvalue weighted by molar-refractivity contribution is 14.0. The van der Waals surface area contributed by atoms with Gasteiger partial charge in [0, 0.05) is 39.3 Å². The summed E-state index contributed by atoms with van der Waals surface area (Å²) in [5.74, 6) is 0.704. The van der Waals surface area contributed by atoms with Crippen LogP contribution in [-0.2, 0) is 11.3 Å². The standard InChI is InChI=1S/C23H40N6O.HI/c1-19(28(3)17-20-9-5-4-6-10-20)12-14-27-23(25-2)26-13-8-16-29-15-7-11-21(18-29)22(24)30;/h4-6,9-10,19,21H,7-8,11-18H2,1-3H3,(H2,24,30)(H2,25,26,27);1H. The maximum Gasteiger partial charge on any atom is 0.221 e. The summed E-state index contributed by atoms with van der Waals surface area (Å²) in [6.45, 7) is 7.81. The molecule has 1 aromatic carbocycles. The van der Waals surface area contributed by atoms with E-state index < -0.39 is 0 Å². The van der Waals surface area contributed by atoms with E-state index in [0.29, 0.717) is 6.04 Å². The Morgan fingerprint density at radius 2 is 2.00 bits per heavy atom. The molecule has 1 aromatic rings. The molecule has 0 radical (unpaired) electrons. The molecule has 1 heterocycles. The van der Waals surface area contributed by atoms with E-state index in [2.05, 4.69) is 69.7 Å². The van der Waals surface area contributed by atoms with Crippen molar-refractivity contribution in [1.29, 1.82) is 0 Å². The Bertz CT molecular complexity index is 657. The third kappa shape index (κ3) is 10.7. The van der Waals surface area contributed by atoms with Crippen molar-refractivity contribution in [1.82, 2.24) is 20.4 Å². The second kappa shape index (κ2) is 15.4.